The van der Waals surface area contributed by atoms with Crippen molar-refractivity contribution in [3.63, 3.8) is 0 Å². The van der Waals surface area contributed by atoms with Gasteiger partial charge >= 0.3 is 0 Å². The topological polar surface area (TPSA) is 59.6 Å². The minimum Gasteiger partial charge on any atom is -0.497 e. The molecular formula is C19H24N2O3. The number of aryl methyl sites for hydroxylation is 2. The largest absolute Gasteiger partial charge is 0.497 e. The van der Waals surface area contributed by atoms with E-state index in [1.165, 1.54) is 5.56 Å². The maximum Gasteiger partial charge on any atom is 0.226 e. The van der Waals surface area contributed by atoms with Crippen LogP contribution in [0.5, 0.6) is 11.5 Å². The van der Waals surface area contributed by atoms with Crippen molar-refractivity contribution in [1.82, 2.24) is 0 Å². The highest BCUT2D eigenvalue weighted by molar-refractivity contribution is 5.91. The zero-order valence-corrected chi connectivity index (χ0v) is 14.6. The number of nitrogens with one attached hydrogen (secondary N) is 2. The van der Waals surface area contributed by atoms with Gasteiger partial charge in [-0.15, -0.1) is 0 Å². The van der Waals surface area contributed by atoms with Crippen molar-refractivity contribution < 1.29 is 14.3 Å². The first-order valence-electron chi connectivity index (χ1n) is 7.86. The number of amides is 1. The van der Waals surface area contributed by atoms with Gasteiger partial charge in [-0.05, 0) is 49.2 Å². The normalized spacial score (nSPS) is 10.2. The van der Waals surface area contributed by atoms with Gasteiger partial charge in [0.05, 0.1) is 19.9 Å². The van der Waals surface area contributed by atoms with E-state index in [1.54, 1.807) is 14.2 Å². The summed E-state index contributed by atoms with van der Waals surface area (Å²) in [4.78, 5) is 12.1. The number of benzene rings is 2. The van der Waals surface area contributed by atoms with Crippen molar-refractivity contribution >= 4 is 17.3 Å². The summed E-state index contributed by atoms with van der Waals surface area (Å²) in [5.74, 6) is 1.41. The minimum atomic E-state index is -0.0346. The van der Waals surface area contributed by atoms with Crippen LogP contribution in [0, 0.1) is 13.8 Å². The van der Waals surface area contributed by atoms with Gasteiger partial charge in [-0.1, -0.05) is 6.07 Å². The summed E-state index contributed by atoms with van der Waals surface area (Å²) in [5.41, 5.74) is 3.99. The van der Waals surface area contributed by atoms with E-state index in [9.17, 15) is 4.79 Å². The van der Waals surface area contributed by atoms with Crippen molar-refractivity contribution in [1.29, 1.82) is 0 Å². The van der Waals surface area contributed by atoms with Gasteiger partial charge in [-0.25, -0.2) is 0 Å². The second kappa shape index (κ2) is 8.24. The first-order valence-corrected chi connectivity index (χ1v) is 7.86. The summed E-state index contributed by atoms with van der Waals surface area (Å²) in [5, 5.41) is 6.12. The van der Waals surface area contributed by atoms with Crippen LogP contribution in [-0.4, -0.2) is 26.7 Å². The molecule has 0 aliphatic carbocycles. The Labute approximate surface area is 143 Å². The predicted molar refractivity (Wildman–Crippen MR) is 97.2 cm³/mol. The van der Waals surface area contributed by atoms with Crippen LogP contribution >= 0.6 is 0 Å². The summed E-state index contributed by atoms with van der Waals surface area (Å²) < 4.78 is 10.5. The lowest BCUT2D eigenvalue weighted by atomic mass is 10.1. The molecule has 2 N–H and O–H groups in total. The van der Waals surface area contributed by atoms with E-state index in [4.69, 9.17) is 9.47 Å². The molecule has 0 saturated carbocycles. The molecule has 0 aliphatic rings. The summed E-state index contributed by atoms with van der Waals surface area (Å²) in [7, 11) is 3.22. The zero-order chi connectivity index (χ0) is 17.5. The average molecular weight is 328 g/mol. The van der Waals surface area contributed by atoms with Crippen LogP contribution in [-0.2, 0) is 4.79 Å². The smallest absolute Gasteiger partial charge is 0.226 e. The molecule has 0 radical (unpaired) electrons. The molecule has 0 spiro atoms. The average Bonchev–Trinajstić information content (AvgIpc) is 2.58. The zero-order valence-electron chi connectivity index (χ0n) is 14.6. The molecule has 0 aliphatic heterocycles. The molecule has 128 valence electrons. The maximum atomic E-state index is 12.1. The molecule has 0 aromatic heterocycles. The molecule has 5 nitrogen and oxygen atoms in total. The molecule has 2 rings (SSSR count). The third-order valence-corrected chi connectivity index (χ3v) is 3.86. The van der Waals surface area contributed by atoms with Crippen molar-refractivity contribution in [2.75, 3.05) is 31.4 Å². The number of anilines is 2. The van der Waals surface area contributed by atoms with Crippen molar-refractivity contribution in [3.8, 4) is 11.5 Å². The highest BCUT2D eigenvalue weighted by Gasteiger charge is 2.07. The number of hydrogen-bond donors (Lipinski definition) is 2. The predicted octanol–water partition coefficient (Wildman–Crippen LogP) is 3.76. The molecule has 2 aromatic rings. The molecular weight excluding hydrogens is 304 g/mol. The summed E-state index contributed by atoms with van der Waals surface area (Å²) in [6.45, 7) is 4.58. The number of rotatable bonds is 7. The van der Waals surface area contributed by atoms with Crippen LogP contribution in [0.3, 0.4) is 0 Å². The highest BCUT2D eigenvalue weighted by Crippen LogP contribution is 2.28. The quantitative estimate of drug-likeness (QED) is 0.812. The molecule has 0 unspecified atom stereocenters. The van der Waals surface area contributed by atoms with Crippen molar-refractivity contribution in [2.24, 2.45) is 0 Å². The maximum absolute atomic E-state index is 12.1. The Kier molecular flexibility index (Phi) is 6.07. The van der Waals surface area contributed by atoms with Crippen LogP contribution < -0.4 is 20.1 Å². The number of ether oxygens (including phenoxy) is 2. The SMILES string of the molecule is COc1ccc(OC)c(NCCC(=O)Nc2ccc(C)c(C)c2)c1. The Balaban J connectivity index is 1.89. The van der Waals surface area contributed by atoms with E-state index in [0.717, 1.165) is 22.7 Å². The fourth-order valence-corrected chi connectivity index (χ4v) is 2.31. The van der Waals surface area contributed by atoms with Gasteiger partial charge in [0.15, 0.2) is 0 Å². The summed E-state index contributed by atoms with van der Waals surface area (Å²) in [6.07, 6.45) is 0.354. The van der Waals surface area contributed by atoms with E-state index >= 15 is 0 Å². The Hall–Kier alpha value is -2.69. The van der Waals surface area contributed by atoms with Crippen LogP contribution in [0.4, 0.5) is 11.4 Å². The minimum absolute atomic E-state index is 0.0346. The lowest BCUT2D eigenvalue weighted by Gasteiger charge is -2.13. The number of carbonyl (C=O) groups excluding carboxylic acids is 1. The molecule has 0 saturated heterocycles. The number of methoxy groups -OCH3 is 2. The standard InChI is InChI=1S/C19H24N2O3/c1-13-5-6-15(11-14(13)2)21-19(22)9-10-20-17-12-16(23-3)7-8-18(17)24-4/h5-8,11-12,20H,9-10H2,1-4H3,(H,21,22). The molecule has 0 fully saturated rings. The van der Waals surface area contributed by atoms with E-state index in [0.29, 0.717) is 18.7 Å². The molecule has 1 amide bonds. The van der Waals surface area contributed by atoms with Gasteiger partial charge in [0.25, 0.3) is 0 Å². The Morgan fingerprint density at radius 1 is 1.00 bits per heavy atom. The van der Waals surface area contributed by atoms with Gasteiger partial charge in [-0.3, -0.25) is 4.79 Å². The second-order valence-electron chi connectivity index (χ2n) is 5.59. The van der Waals surface area contributed by atoms with Crippen LogP contribution in [0.25, 0.3) is 0 Å². The van der Waals surface area contributed by atoms with Crippen molar-refractivity contribution in [3.05, 3.63) is 47.5 Å². The van der Waals surface area contributed by atoms with E-state index < -0.39 is 0 Å². The molecule has 0 heterocycles. The molecule has 2 aromatic carbocycles. The van der Waals surface area contributed by atoms with Crippen LogP contribution in [0.15, 0.2) is 36.4 Å². The molecule has 0 atom stereocenters. The fraction of sp³-hybridized carbons (Fsp3) is 0.316. The Bertz CT molecular complexity index is 714. The van der Waals surface area contributed by atoms with E-state index in [-0.39, 0.29) is 5.91 Å². The van der Waals surface area contributed by atoms with Crippen molar-refractivity contribution in [2.45, 2.75) is 20.3 Å². The molecule has 5 heteroatoms. The first-order chi connectivity index (χ1) is 11.5. The third kappa shape index (κ3) is 4.65. The summed E-state index contributed by atoms with van der Waals surface area (Å²) >= 11 is 0. The van der Waals surface area contributed by atoms with Gasteiger partial charge in [0.2, 0.25) is 5.91 Å². The lowest BCUT2D eigenvalue weighted by molar-refractivity contribution is -0.115. The van der Waals surface area contributed by atoms with Gasteiger partial charge in [0.1, 0.15) is 11.5 Å². The Morgan fingerprint density at radius 3 is 2.46 bits per heavy atom. The summed E-state index contributed by atoms with van der Waals surface area (Å²) in [6, 6.07) is 11.4. The first kappa shape index (κ1) is 17.7. The molecule has 0 bridgehead atoms. The van der Waals surface area contributed by atoms with Gasteiger partial charge < -0.3 is 20.1 Å². The van der Waals surface area contributed by atoms with Crippen LogP contribution in [0.1, 0.15) is 17.5 Å². The Morgan fingerprint density at radius 2 is 1.79 bits per heavy atom. The lowest BCUT2D eigenvalue weighted by Crippen LogP contribution is -2.16. The van der Waals surface area contributed by atoms with Crippen LogP contribution in [0.2, 0.25) is 0 Å². The third-order valence-electron chi connectivity index (χ3n) is 3.86. The van der Waals surface area contributed by atoms with Gasteiger partial charge in [0, 0.05) is 24.7 Å². The number of hydrogen-bond acceptors (Lipinski definition) is 4. The van der Waals surface area contributed by atoms with E-state index in [1.807, 2.05) is 50.2 Å². The van der Waals surface area contributed by atoms with E-state index in [2.05, 4.69) is 10.6 Å². The number of carbonyl (C=O) groups is 1. The fourth-order valence-electron chi connectivity index (χ4n) is 2.31. The second-order valence-corrected chi connectivity index (χ2v) is 5.59. The highest BCUT2D eigenvalue weighted by atomic mass is 16.5. The van der Waals surface area contributed by atoms with Gasteiger partial charge in [-0.2, -0.15) is 0 Å². The monoisotopic (exact) mass is 328 g/mol. The molecule has 24 heavy (non-hydrogen) atoms.